The van der Waals surface area contributed by atoms with Crippen LogP contribution in [0.4, 0.5) is 0 Å². The molecule has 0 saturated carbocycles. The predicted molar refractivity (Wildman–Crippen MR) is 225 cm³/mol. The standard InChI is InChI=1S/C42H60IN5O11/c1-22-18-41(7)37(57-39-36(51)32(48(9)10)17-23(2)56-39)25(4)35(50)26(5)38(52)58-40(43)42(8,53)31(24(3)34(22)46-27(6)49)14-13-30(20-54-41)47-55-21-29-12-11-28(19-44-29)33-15-16-45-59-33/h11-12,15-16,19,22-26,31-32,36-37,39-40,51,53H,13-14,17-18,20-21H2,1-10H3/b46-34+,47-30+/t22-,23-,24-,25+,26-,31-,32+,36-,37-,39+,40+,41-,42+/m1/s1. The molecule has 0 aliphatic carbocycles. The number of hydrogen-bond donors (Lipinski definition) is 2. The largest absolute Gasteiger partial charge is 0.448 e. The van der Waals surface area contributed by atoms with E-state index in [9.17, 15) is 24.6 Å². The van der Waals surface area contributed by atoms with Crippen LogP contribution in [0.25, 0.3) is 11.3 Å². The third kappa shape index (κ3) is 11.0. The van der Waals surface area contributed by atoms with Gasteiger partial charge < -0.3 is 43.4 Å². The Balaban J connectivity index is 1.62. The van der Waals surface area contributed by atoms with Crippen LogP contribution in [0.15, 0.2) is 45.3 Å². The highest BCUT2D eigenvalue weighted by molar-refractivity contribution is 14.1. The number of alkyl halides is 1. The summed E-state index contributed by atoms with van der Waals surface area (Å²) in [6.45, 7) is 13.6. The molecular weight excluding hydrogens is 877 g/mol. The third-order valence-corrected chi connectivity index (χ3v) is 13.6. The lowest BCUT2D eigenvalue weighted by molar-refractivity contribution is -0.296. The van der Waals surface area contributed by atoms with Gasteiger partial charge in [0.1, 0.15) is 17.6 Å². The Morgan fingerprint density at radius 3 is 2.46 bits per heavy atom. The van der Waals surface area contributed by atoms with E-state index in [0.717, 1.165) is 5.56 Å². The van der Waals surface area contributed by atoms with Crippen LogP contribution in [0.2, 0.25) is 0 Å². The number of esters is 1. The number of fused-ring (bicyclic) bond motifs is 5. The summed E-state index contributed by atoms with van der Waals surface area (Å²) < 4.78 is 30.0. The topological polar surface area (TPSA) is 205 Å². The molecule has 5 rings (SSSR count). The number of aliphatic hydroxyl groups excluding tert-OH is 1. The number of aliphatic hydroxyl groups is 2. The molecule has 0 aromatic carbocycles. The van der Waals surface area contributed by atoms with Gasteiger partial charge in [-0.25, -0.2) is 4.99 Å². The molecule has 1 amide bonds. The number of amides is 1. The number of pyridine rings is 1. The molecule has 3 fully saturated rings. The highest BCUT2D eigenvalue weighted by Gasteiger charge is 2.52. The van der Waals surface area contributed by atoms with Gasteiger partial charge in [-0.15, -0.1) is 0 Å². The Hall–Kier alpha value is -3.20. The molecule has 3 saturated heterocycles. The van der Waals surface area contributed by atoms with Crippen molar-refractivity contribution in [1.29, 1.82) is 0 Å². The number of rotatable bonds is 7. The first-order valence-electron chi connectivity index (χ1n) is 20.3. The molecule has 59 heavy (non-hydrogen) atoms. The van der Waals surface area contributed by atoms with E-state index in [-0.39, 0.29) is 38.2 Å². The zero-order chi connectivity index (χ0) is 43.4. The van der Waals surface area contributed by atoms with Crippen LogP contribution in [0.3, 0.4) is 0 Å². The Morgan fingerprint density at radius 1 is 1.10 bits per heavy atom. The fraction of sp³-hybridized carbons (Fsp3) is 0.690. The SMILES string of the molecule is CC(=O)/N=C1\[C@H](C)C[C@@]2(C)OC/C(=N/OCc3ccc(-c4ccno4)cn3)CC[C@H]([C@H]1C)[C@](C)(O)[C@@H](I)OC(=O)[C@H](C)C(=O)[C@H](C)[C@H]2O[C@@H]1O[C@H](C)C[C@H](N(C)C)[C@H]1O. The van der Waals surface area contributed by atoms with E-state index in [0.29, 0.717) is 35.7 Å². The predicted octanol–water partition coefficient (Wildman–Crippen LogP) is 5.17. The van der Waals surface area contributed by atoms with Crippen LogP contribution in [-0.4, -0.2) is 121 Å². The van der Waals surface area contributed by atoms with E-state index in [1.54, 1.807) is 38.4 Å². The average molecular weight is 938 g/mol. The molecule has 2 bridgehead atoms. The van der Waals surface area contributed by atoms with Gasteiger partial charge in [-0.1, -0.05) is 31.1 Å². The first-order chi connectivity index (χ1) is 27.7. The number of aromatic nitrogens is 2. The molecule has 5 heterocycles. The molecule has 0 spiro atoms. The van der Waals surface area contributed by atoms with Crippen LogP contribution in [0, 0.1) is 29.6 Å². The van der Waals surface area contributed by atoms with Gasteiger partial charge in [-0.2, -0.15) is 0 Å². The van der Waals surface area contributed by atoms with Crippen LogP contribution < -0.4 is 0 Å². The fourth-order valence-electron chi connectivity index (χ4n) is 8.73. The number of hydrogen-bond acceptors (Lipinski definition) is 15. The highest BCUT2D eigenvalue weighted by atomic mass is 127. The van der Waals surface area contributed by atoms with Crippen molar-refractivity contribution in [2.75, 3.05) is 20.7 Å². The molecule has 0 radical (unpaired) electrons. The Bertz CT molecular complexity index is 1820. The summed E-state index contributed by atoms with van der Waals surface area (Å²) in [5.41, 5.74) is -0.660. The maximum absolute atomic E-state index is 14.4. The summed E-state index contributed by atoms with van der Waals surface area (Å²) in [5.74, 6) is -4.97. The fourth-order valence-corrected chi connectivity index (χ4v) is 9.44. The number of halogens is 1. The molecule has 16 nitrogen and oxygen atoms in total. The maximum Gasteiger partial charge on any atom is 0.317 e. The average Bonchev–Trinajstić information content (AvgIpc) is 3.72. The summed E-state index contributed by atoms with van der Waals surface area (Å²) in [6.07, 6.45) is 0.847. The lowest BCUT2D eigenvalue weighted by Crippen LogP contribution is -2.59. The van der Waals surface area contributed by atoms with Gasteiger partial charge >= 0.3 is 5.97 Å². The smallest absolute Gasteiger partial charge is 0.317 e. The molecule has 2 aromatic heterocycles. The minimum absolute atomic E-state index is 0.0323. The van der Waals surface area contributed by atoms with Crippen molar-refractivity contribution in [2.24, 2.45) is 39.7 Å². The summed E-state index contributed by atoms with van der Waals surface area (Å²) >= 11 is 1.89. The van der Waals surface area contributed by atoms with E-state index in [4.69, 9.17) is 28.3 Å². The second kappa shape index (κ2) is 19.7. The van der Waals surface area contributed by atoms with Gasteiger partial charge in [-0.3, -0.25) is 19.4 Å². The van der Waals surface area contributed by atoms with Gasteiger partial charge in [0.15, 0.2) is 28.6 Å². The number of carbonyl (C=O) groups is 3. The lowest BCUT2D eigenvalue weighted by atomic mass is 9.70. The normalized spacial score (nSPS) is 38.0. The molecule has 2 N–H and O–H groups in total. The Labute approximate surface area is 359 Å². The van der Waals surface area contributed by atoms with Gasteiger partial charge in [0.2, 0.25) is 5.91 Å². The van der Waals surface area contributed by atoms with E-state index in [1.807, 2.05) is 75.3 Å². The van der Waals surface area contributed by atoms with Gasteiger partial charge in [0.05, 0.1) is 42.0 Å². The van der Waals surface area contributed by atoms with Crippen LogP contribution in [-0.2, 0) is 44.8 Å². The number of likely N-dealkylation sites (N-methyl/N-ethyl adjacent to an activating group) is 1. The van der Waals surface area contributed by atoms with Gasteiger partial charge in [0, 0.05) is 48.3 Å². The first kappa shape index (κ1) is 46.9. The molecule has 13 atom stereocenters. The second-order valence-electron chi connectivity index (χ2n) is 17.1. The quantitative estimate of drug-likeness (QED) is 0.121. The van der Waals surface area contributed by atoms with Crippen LogP contribution >= 0.6 is 22.6 Å². The molecule has 3 aliphatic rings. The number of ketones is 1. The van der Waals surface area contributed by atoms with E-state index < -0.39 is 81.1 Å². The third-order valence-electron chi connectivity index (χ3n) is 12.1. The maximum atomic E-state index is 14.4. The molecule has 2 aromatic rings. The highest BCUT2D eigenvalue weighted by Crippen LogP contribution is 2.43. The summed E-state index contributed by atoms with van der Waals surface area (Å²) in [4.78, 5) is 57.8. The zero-order valence-electron chi connectivity index (χ0n) is 35.7. The molecule has 17 heteroatoms. The molecule has 3 aliphatic heterocycles. The minimum atomic E-state index is -1.66. The van der Waals surface area contributed by atoms with Gasteiger partial charge in [-0.05, 0) is 114 Å². The van der Waals surface area contributed by atoms with E-state index in [2.05, 4.69) is 20.3 Å². The number of oxime groups is 1. The zero-order valence-corrected chi connectivity index (χ0v) is 37.8. The van der Waals surface area contributed by atoms with Crippen molar-refractivity contribution in [1.82, 2.24) is 15.0 Å². The number of carbonyl (C=O) groups excluding carboxylic acids is 3. The summed E-state index contributed by atoms with van der Waals surface area (Å²) in [7, 11) is 3.74. The minimum Gasteiger partial charge on any atom is -0.448 e. The van der Waals surface area contributed by atoms with Crippen molar-refractivity contribution in [3.8, 4) is 11.3 Å². The van der Waals surface area contributed by atoms with Crippen LogP contribution in [0.5, 0.6) is 0 Å². The summed E-state index contributed by atoms with van der Waals surface area (Å²) in [6, 6.07) is 5.06. The van der Waals surface area contributed by atoms with Crippen molar-refractivity contribution in [2.45, 2.75) is 134 Å². The molecule has 326 valence electrons. The van der Waals surface area contributed by atoms with Crippen molar-refractivity contribution >= 4 is 51.7 Å². The number of Topliss-reactive ketones (excluding diaryl/α,β-unsaturated/α-hetero) is 1. The molecule has 0 unspecified atom stereocenters. The lowest BCUT2D eigenvalue weighted by Gasteiger charge is -2.47. The van der Waals surface area contributed by atoms with Crippen molar-refractivity contribution in [3.05, 3.63) is 36.3 Å². The number of ether oxygens (including phenoxy) is 4. The number of nitrogens with zero attached hydrogens (tertiary/aromatic N) is 5. The number of aliphatic imine (C=N–C) groups is 1. The second-order valence-corrected chi connectivity index (χ2v) is 18.2. The number of cyclic esters (lactones) is 1. The molecular formula is C42H60IN5O11. The van der Waals surface area contributed by atoms with Crippen LogP contribution in [0.1, 0.15) is 86.8 Å². The van der Waals surface area contributed by atoms with Gasteiger partial charge in [0.25, 0.3) is 0 Å². The monoisotopic (exact) mass is 937 g/mol. The van der Waals surface area contributed by atoms with E-state index in [1.165, 1.54) is 13.8 Å². The summed E-state index contributed by atoms with van der Waals surface area (Å²) in [5, 5.41) is 32.3. The van der Waals surface area contributed by atoms with Crippen molar-refractivity contribution in [3.63, 3.8) is 0 Å². The Kier molecular flexibility index (Phi) is 15.6. The first-order valence-corrected chi connectivity index (χ1v) is 21.5. The van der Waals surface area contributed by atoms with E-state index >= 15 is 0 Å². The Morgan fingerprint density at radius 2 is 1.83 bits per heavy atom. The van der Waals surface area contributed by atoms with Crippen molar-refractivity contribution < 1.29 is 52.9 Å².